The number of amides is 1. The Hall–Kier alpha value is -0.580. The second-order valence-electron chi connectivity index (χ2n) is 3.46. The highest BCUT2D eigenvalue weighted by molar-refractivity contribution is 7.16. The van der Waals surface area contributed by atoms with Gasteiger partial charge in [0.2, 0.25) is 5.91 Å². The summed E-state index contributed by atoms with van der Waals surface area (Å²) in [5.41, 5.74) is 0. The molecule has 84 valence electrons. The molecule has 5 heteroatoms. The summed E-state index contributed by atoms with van der Waals surface area (Å²) >= 11 is 7.18. The molecule has 0 radical (unpaired) electrons. The Morgan fingerprint density at radius 2 is 2.27 bits per heavy atom. The van der Waals surface area contributed by atoms with Crippen molar-refractivity contribution in [3.63, 3.8) is 0 Å². The molecule has 0 aliphatic heterocycles. The van der Waals surface area contributed by atoms with Crippen LogP contribution in [0.1, 0.15) is 24.6 Å². The van der Waals surface area contributed by atoms with E-state index in [-0.39, 0.29) is 18.4 Å². The average molecular weight is 248 g/mol. The Morgan fingerprint density at radius 1 is 1.60 bits per heavy atom. The molecule has 15 heavy (non-hydrogen) atoms. The lowest BCUT2D eigenvalue weighted by atomic mass is 10.1. The Bertz CT molecular complexity index is 338. The topological polar surface area (TPSA) is 49.3 Å². The summed E-state index contributed by atoms with van der Waals surface area (Å²) < 4.78 is 0.681. The van der Waals surface area contributed by atoms with Gasteiger partial charge in [-0.15, -0.1) is 11.3 Å². The van der Waals surface area contributed by atoms with Gasteiger partial charge in [-0.3, -0.25) is 4.79 Å². The minimum atomic E-state index is -0.520. The smallest absolute Gasteiger partial charge is 0.228 e. The second-order valence-corrected chi connectivity index (χ2v) is 5.20. The van der Waals surface area contributed by atoms with Crippen molar-refractivity contribution >= 4 is 28.8 Å². The zero-order valence-electron chi connectivity index (χ0n) is 8.66. The highest BCUT2D eigenvalue weighted by Gasteiger charge is 2.16. The molecule has 0 aromatic carbocycles. The predicted octanol–water partition coefficient (Wildman–Crippen LogP) is 2.00. The van der Waals surface area contributed by atoms with E-state index in [9.17, 15) is 4.79 Å². The van der Waals surface area contributed by atoms with Crippen LogP contribution >= 0.6 is 22.9 Å². The van der Waals surface area contributed by atoms with E-state index in [0.717, 1.165) is 4.88 Å². The van der Waals surface area contributed by atoms with Gasteiger partial charge in [-0.05, 0) is 26.0 Å². The molecule has 1 amide bonds. The number of nitrogens with one attached hydrogen (secondary N) is 1. The highest BCUT2D eigenvalue weighted by atomic mass is 35.5. The maximum atomic E-state index is 11.6. The van der Waals surface area contributed by atoms with Crippen molar-refractivity contribution < 1.29 is 9.90 Å². The molecule has 2 unspecified atom stereocenters. The van der Waals surface area contributed by atoms with Crippen molar-refractivity contribution in [2.24, 2.45) is 0 Å². The molecule has 0 saturated carbocycles. The fourth-order valence-electron chi connectivity index (χ4n) is 1.09. The molecule has 2 atom stereocenters. The summed E-state index contributed by atoms with van der Waals surface area (Å²) in [7, 11) is 0. The van der Waals surface area contributed by atoms with E-state index >= 15 is 0 Å². The van der Waals surface area contributed by atoms with Crippen LogP contribution in [0.5, 0.6) is 0 Å². The largest absolute Gasteiger partial charge is 0.392 e. The highest BCUT2D eigenvalue weighted by Crippen LogP contribution is 2.27. The number of thiophene rings is 1. The van der Waals surface area contributed by atoms with Crippen molar-refractivity contribution in [1.82, 2.24) is 5.32 Å². The molecular weight excluding hydrogens is 234 g/mol. The molecule has 3 nitrogen and oxygen atoms in total. The number of carbonyl (C=O) groups is 1. The van der Waals surface area contributed by atoms with Crippen LogP contribution in [0.15, 0.2) is 12.1 Å². The molecule has 1 heterocycles. The monoisotopic (exact) mass is 247 g/mol. The third kappa shape index (κ3) is 3.81. The van der Waals surface area contributed by atoms with E-state index in [2.05, 4.69) is 5.32 Å². The van der Waals surface area contributed by atoms with Gasteiger partial charge in [-0.2, -0.15) is 0 Å². The summed E-state index contributed by atoms with van der Waals surface area (Å²) in [5, 5.41) is 11.7. The first kappa shape index (κ1) is 12.5. The van der Waals surface area contributed by atoms with Crippen molar-refractivity contribution in [3.05, 3.63) is 21.3 Å². The zero-order chi connectivity index (χ0) is 11.4. The molecule has 0 aliphatic rings. The number of hydrogen-bond donors (Lipinski definition) is 2. The molecular formula is C10H14ClNO2S. The summed E-state index contributed by atoms with van der Waals surface area (Å²) in [6.45, 7) is 3.73. The summed E-state index contributed by atoms with van der Waals surface area (Å²) in [6.07, 6.45) is -0.520. The standard InChI is InChI=1S/C10H14ClNO2S/c1-6(13)5-12-10(14)7(2)8-3-4-9(11)15-8/h3-4,6-7,13H,5H2,1-2H3,(H,12,14). The predicted molar refractivity (Wildman–Crippen MR) is 62.4 cm³/mol. The minimum absolute atomic E-state index is 0.0885. The van der Waals surface area contributed by atoms with Gasteiger partial charge < -0.3 is 10.4 Å². The van der Waals surface area contributed by atoms with Crippen LogP contribution in [0, 0.1) is 0 Å². The van der Waals surface area contributed by atoms with Gasteiger partial charge in [0.05, 0.1) is 16.4 Å². The normalized spacial score (nSPS) is 14.7. The molecule has 0 aliphatic carbocycles. The van der Waals surface area contributed by atoms with Crippen molar-refractivity contribution in [2.45, 2.75) is 25.9 Å². The number of aliphatic hydroxyl groups excluding tert-OH is 1. The Kier molecular flexibility index (Phi) is 4.57. The van der Waals surface area contributed by atoms with E-state index in [1.165, 1.54) is 11.3 Å². The number of hydrogen-bond acceptors (Lipinski definition) is 3. The van der Waals surface area contributed by atoms with Gasteiger partial charge in [0, 0.05) is 11.4 Å². The van der Waals surface area contributed by atoms with Crippen molar-refractivity contribution in [1.29, 1.82) is 0 Å². The van der Waals surface area contributed by atoms with E-state index in [1.807, 2.05) is 13.0 Å². The summed E-state index contributed by atoms with van der Waals surface area (Å²) in [5.74, 6) is -0.310. The van der Waals surface area contributed by atoms with Crippen LogP contribution in [0.4, 0.5) is 0 Å². The van der Waals surface area contributed by atoms with Crippen molar-refractivity contribution in [3.8, 4) is 0 Å². The van der Waals surface area contributed by atoms with Crippen LogP contribution in [-0.4, -0.2) is 23.7 Å². The third-order valence-electron chi connectivity index (χ3n) is 1.99. The molecule has 0 spiro atoms. The van der Waals surface area contributed by atoms with Gasteiger partial charge >= 0.3 is 0 Å². The third-order valence-corrected chi connectivity index (χ3v) is 3.40. The number of carbonyl (C=O) groups excluding carboxylic acids is 1. The van der Waals surface area contributed by atoms with E-state index in [4.69, 9.17) is 16.7 Å². The first-order valence-electron chi connectivity index (χ1n) is 4.71. The van der Waals surface area contributed by atoms with E-state index in [0.29, 0.717) is 4.34 Å². The summed E-state index contributed by atoms with van der Waals surface area (Å²) in [4.78, 5) is 12.5. The first-order valence-corrected chi connectivity index (χ1v) is 5.91. The van der Waals surface area contributed by atoms with Crippen LogP contribution < -0.4 is 5.32 Å². The van der Waals surface area contributed by atoms with Gasteiger partial charge in [-0.1, -0.05) is 11.6 Å². The van der Waals surface area contributed by atoms with Crippen LogP contribution in [0.2, 0.25) is 4.34 Å². The van der Waals surface area contributed by atoms with Crippen LogP contribution in [0.25, 0.3) is 0 Å². The minimum Gasteiger partial charge on any atom is -0.392 e. The molecule has 1 aromatic rings. The molecule has 0 saturated heterocycles. The van der Waals surface area contributed by atoms with Crippen LogP contribution in [0.3, 0.4) is 0 Å². The fraction of sp³-hybridized carbons (Fsp3) is 0.500. The quantitative estimate of drug-likeness (QED) is 0.855. The lowest BCUT2D eigenvalue weighted by Gasteiger charge is -2.11. The number of halogens is 1. The fourth-order valence-corrected chi connectivity index (χ4v) is 2.20. The van der Waals surface area contributed by atoms with Crippen molar-refractivity contribution in [2.75, 3.05) is 6.54 Å². The number of rotatable bonds is 4. The second kappa shape index (κ2) is 5.49. The SMILES string of the molecule is CC(O)CNC(=O)C(C)c1ccc(Cl)s1. The van der Waals surface area contributed by atoms with Crippen LogP contribution in [-0.2, 0) is 4.79 Å². The van der Waals surface area contributed by atoms with Gasteiger partial charge in [-0.25, -0.2) is 0 Å². The van der Waals surface area contributed by atoms with E-state index in [1.54, 1.807) is 13.0 Å². The average Bonchev–Trinajstić information content (AvgIpc) is 2.60. The van der Waals surface area contributed by atoms with Gasteiger partial charge in [0.1, 0.15) is 0 Å². The summed E-state index contributed by atoms with van der Waals surface area (Å²) in [6, 6.07) is 3.62. The Balaban J connectivity index is 2.53. The molecule has 0 fully saturated rings. The molecule has 2 N–H and O–H groups in total. The molecule has 0 bridgehead atoms. The molecule has 1 rings (SSSR count). The maximum absolute atomic E-state index is 11.6. The van der Waals surface area contributed by atoms with Gasteiger partial charge in [0.15, 0.2) is 0 Å². The zero-order valence-corrected chi connectivity index (χ0v) is 10.2. The Labute approximate surface area is 98.1 Å². The lowest BCUT2D eigenvalue weighted by molar-refractivity contribution is -0.122. The Morgan fingerprint density at radius 3 is 2.73 bits per heavy atom. The maximum Gasteiger partial charge on any atom is 0.228 e. The molecule has 1 aromatic heterocycles. The van der Waals surface area contributed by atoms with Gasteiger partial charge in [0.25, 0.3) is 0 Å². The number of aliphatic hydroxyl groups is 1. The van der Waals surface area contributed by atoms with E-state index < -0.39 is 6.10 Å². The first-order chi connectivity index (χ1) is 7.00. The lowest BCUT2D eigenvalue weighted by Crippen LogP contribution is -2.33.